The number of fused-ring (bicyclic) bond motifs is 1. The van der Waals surface area contributed by atoms with Gasteiger partial charge in [0.1, 0.15) is 17.2 Å². The van der Waals surface area contributed by atoms with Crippen LogP contribution in [0.3, 0.4) is 0 Å². The van der Waals surface area contributed by atoms with Crippen molar-refractivity contribution in [2.75, 3.05) is 36.2 Å². The Morgan fingerprint density at radius 3 is 2.70 bits per heavy atom. The number of ether oxygens (including phenoxy) is 1. The van der Waals surface area contributed by atoms with E-state index in [2.05, 4.69) is 63.9 Å². The number of aromatic nitrogens is 5. The third-order valence-corrected chi connectivity index (χ3v) is 6.05. The Balaban J connectivity index is 1.38. The fourth-order valence-electron chi connectivity index (χ4n) is 4.36. The molecule has 0 aliphatic carbocycles. The van der Waals surface area contributed by atoms with E-state index in [-0.39, 0.29) is 6.04 Å². The molecule has 4 aromatic rings. The highest BCUT2D eigenvalue weighted by Crippen LogP contribution is 2.29. The molecule has 1 saturated heterocycles. The monoisotopic (exact) mass is 442 g/mol. The zero-order valence-electron chi connectivity index (χ0n) is 18.7. The second-order valence-corrected chi connectivity index (χ2v) is 8.54. The van der Waals surface area contributed by atoms with Gasteiger partial charge in [0.25, 0.3) is 0 Å². The van der Waals surface area contributed by atoms with Gasteiger partial charge in [0.15, 0.2) is 11.5 Å². The summed E-state index contributed by atoms with van der Waals surface area (Å²) in [5, 5.41) is 14.2. The van der Waals surface area contributed by atoms with Crippen LogP contribution in [0.2, 0.25) is 0 Å². The van der Waals surface area contributed by atoms with E-state index in [0.29, 0.717) is 13.2 Å². The summed E-state index contributed by atoms with van der Waals surface area (Å²) in [7, 11) is 0. The van der Waals surface area contributed by atoms with Crippen LogP contribution in [-0.2, 0) is 4.74 Å². The Kier molecular flexibility index (Phi) is 4.85. The van der Waals surface area contributed by atoms with Crippen molar-refractivity contribution >= 4 is 17.3 Å². The number of hydrogen-bond acceptors (Lipinski definition) is 7. The van der Waals surface area contributed by atoms with E-state index in [1.807, 2.05) is 34.8 Å². The maximum atomic E-state index is 5.58. The Bertz CT molecular complexity index is 1330. The number of H-pyrrole nitrogens is 1. The fourth-order valence-corrected chi connectivity index (χ4v) is 4.36. The number of rotatable bonds is 4. The van der Waals surface area contributed by atoms with Gasteiger partial charge in [-0.3, -0.25) is 10.1 Å². The zero-order chi connectivity index (χ0) is 22.4. The first kappa shape index (κ1) is 20.0. The topological polar surface area (TPSA) is 86.6 Å². The molecule has 168 valence electrons. The average molecular weight is 443 g/mol. The number of morpholine rings is 1. The molecule has 6 rings (SSSR count). The molecular weight excluding hydrogens is 416 g/mol. The van der Waals surface area contributed by atoms with Gasteiger partial charge in [0.2, 0.25) is 0 Å². The van der Waals surface area contributed by atoms with E-state index in [1.54, 1.807) is 0 Å². The van der Waals surface area contributed by atoms with E-state index in [9.17, 15) is 0 Å². The molecule has 0 amide bonds. The third kappa shape index (κ3) is 3.75. The van der Waals surface area contributed by atoms with Crippen molar-refractivity contribution in [2.24, 2.45) is 0 Å². The van der Waals surface area contributed by atoms with Crippen molar-refractivity contribution in [1.29, 1.82) is 0 Å². The zero-order valence-corrected chi connectivity index (χ0v) is 18.7. The first-order chi connectivity index (χ1) is 16.1. The summed E-state index contributed by atoms with van der Waals surface area (Å²) < 4.78 is 7.49. The first-order valence-corrected chi connectivity index (χ1v) is 11.2. The normalized spacial score (nSPS) is 18.5. The number of anilines is 2. The molecule has 2 N–H and O–H groups in total. The maximum absolute atomic E-state index is 5.58. The van der Waals surface area contributed by atoms with Gasteiger partial charge in [-0.05, 0) is 31.6 Å². The molecule has 5 heterocycles. The highest BCUT2D eigenvalue weighted by molar-refractivity contribution is 5.67. The summed E-state index contributed by atoms with van der Waals surface area (Å²) in [5.41, 5.74) is 9.41. The van der Waals surface area contributed by atoms with Gasteiger partial charge in [-0.15, -0.1) is 0 Å². The number of aromatic amines is 1. The van der Waals surface area contributed by atoms with Gasteiger partial charge >= 0.3 is 0 Å². The number of hydrazine groups is 1. The highest BCUT2D eigenvalue weighted by Gasteiger charge is 2.23. The Hall–Kier alpha value is -3.69. The van der Waals surface area contributed by atoms with Gasteiger partial charge in [-0.25, -0.2) is 10.4 Å². The molecule has 9 heteroatoms. The lowest BCUT2D eigenvalue weighted by Crippen LogP contribution is -2.38. The molecule has 1 fully saturated rings. The van der Waals surface area contributed by atoms with Crippen molar-refractivity contribution in [2.45, 2.75) is 19.9 Å². The van der Waals surface area contributed by atoms with Crippen molar-refractivity contribution in [3.63, 3.8) is 0 Å². The van der Waals surface area contributed by atoms with Crippen LogP contribution in [0.1, 0.15) is 22.9 Å². The standard InChI is InChI=1S/C24H26N8O/c1-16-4-3-5-18(12-16)19-6-7-31(28-19)22-15-24(30-8-10-33-11-9-30)32-23(25-22)14-21(29-32)20-13-17(2)26-27-20/h3-7,12-15,19,28H,8-11H2,1-2H3,(H,26,27). The Labute approximate surface area is 191 Å². The number of nitrogens with one attached hydrogen (secondary N) is 2. The summed E-state index contributed by atoms with van der Waals surface area (Å²) in [6.45, 7) is 7.11. The quantitative estimate of drug-likeness (QED) is 0.502. The average Bonchev–Trinajstić information content (AvgIpc) is 3.58. The van der Waals surface area contributed by atoms with Crippen LogP contribution in [0.25, 0.3) is 17.0 Å². The molecule has 0 spiro atoms. The van der Waals surface area contributed by atoms with Gasteiger partial charge in [-0.1, -0.05) is 29.8 Å². The predicted octanol–water partition coefficient (Wildman–Crippen LogP) is 3.15. The molecule has 0 bridgehead atoms. The first-order valence-electron chi connectivity index (χ1n) is 11.2. The highest BCUT2D eigenvalue weighted by atomic mass is 16.5. The molecule has 2 aliphatic heterocycles. The second-order valence-electron chi connectivity index (χ2n) is 8.54. The summed E-state index contributed by atoms with van der Waals surface area (Å²) in [6, 6.07) is 14.7. The van der Waals surface area contributed by atoms with Crippen molar-refractivity contribution in [1.82, 2.24) is 30.2 Å². The van der Waals surface area contributed by atoms with E-state index in [1.165, 1.54) is 11.1 Å². The minimum absolute atomic E-state index is 0.0993. The number of aryl methyl sites for hydroxylation is 2. The van der Waals surface area contributed by atoms with E-state index in [0.717, 1.165) is 47.5 Å². The number of hydrogen-bond donors (Lipinski definition) is 2. The van der Waals surface area contributed by atoms with Crippen LogP contribution in [0.5, 0.6) is 0 Å². The molecule has 0 radical (unpaired) electrons. The van der Waals surface area contributed by atoms with E-state index < -0.39 is 0 Å². The van der Waals surface area contributed by atoms with Crippen molar-refractivity contribution in [3.05, 3.63) is 71.6 Å². The molecule has 9 nitrogen and oxygen atoms in total. The number of nitrogens with zero attached hydrogens (tertiary/aromatic N) is 6. The SMILES string of the molecule is Cc1cccc(C2C=CN(c3cc(N4CCOCC4)n4nc(-c5cc(C)[nH]n5)cc4n3)N2)c1. The van der Waals surface area contributed by atoms with Crippen molar-refractivity contribution < 1.29 is 4.74 Å². The fraction of sp³-hybridized carbons (Fsp3) is 0.292. The van der Waals surface area contributed by atoms with E-state index >= 15 is 0 Å². The number of benzene rings is 1. The molecular formula is C24H26N8O. The van der Waals surface area contributed by atoms with Gasteiger partial charge < -0.3 is 9.64 Å². The van der Waals surface area contributed by atoms with Gasteiger partial charge in [0.05, 0.1) is 19.3 Å². The predicted molar refractivity (Wildman–Crippen MR) is 127 cm³/mol. The lowest BCUT2D eigenvalue weighted by Gasteiger charge is -2.29. The minimum Gasteiger partial charge on any atom is -0.378 e. The molecule has 1 aromatic carbocycles. The van der Waals surface area contributed by atoms with Crippen LogP contribution in [0.15, 0.2) is 54.7 Å². The second kappa shape index (κ2) is 8.02. The van der Waals surface area contributed by atoms with Gasteiger partial charge in [0, 0.05) is 37.1 Å². The van der Waals surface area contributed by atoms with Crippen LogP contribution in [0.4, 0.5) is 11.6 Å². The lowest BCUT2D eigenvalue weighted by molar-refractivity contribution is 0.122. The smallest absolute Gasteiger partial charge is 0.160 e. The molecule has 33 heavy (non-hydrogen) atoms. The van der Waals surface area contributed by atoms with Crippen LogP contribution in [-0.4, -0.2) is 51.1 Å². The Morgan fingerprint density at radius 2 is 1.91 bits per heavy atom. The van der Waals surface area contributed by atoms with Crippen LogP contribution < -0.4 is 15.3 Å². The molecule has 2 aliphatic rings. The molecule has 3 aromatic heterocycles. The maximum Gasteiger partial charge on any atom is 0.160 e. The van der Waals surface area contributed by atoms with Crippen LogP contribution >= 0.6 is 0 Å². The summed E-state index contributed by atoms with van der Waals surface area (Å²) >= 11 is 0. The molecule has 0 saturated carbocycles. The summed E-state index contributed by atoms with van der Waals surface area (Å²) in [4.78, 5) is 7.23. The van der Waals surface area contributed by atoms with Crippen molar-refractivity contribution in [3.8, 4) is 11.4 Å². The Morgan fingerprint density at radius 1 is 1.03 bits per heavy atom. The van der Waals surface area contributed by atoms with Crippen LogP contribution in [0, 0.1) is 13.8 Å². The summed E-state index contributed by atoms with van der Waals surface area (Å²) in [6.07, 6.45) is 4.20. The van der Waals surface area contributed by atoms with E-state index in [4.69, 9.17) is 14.8 Å². The lowest BCUT2D eigenvalue weighted by atomic mass is 10.1. The largest absolute Gasteiger partial charge is 0.378 e. The molecule has 1 atom stereocenters. The minimum atomic E-state index is 0.0993. The third-order valence-electron chi connectivity index (χ3n) is 6.05. The summed E-state index contributed by atoms with van der Waals surface area (Å²) in [5.74, 6) is 1.81. The molecule has 1 unspecified atom stereocenters. The van der Waals surface area contributed by atoms with Gasteiger partial charge in [-0.2, -0.15) is 14.7 Å².